The monoisotopic (exact) mass is 355 g/mol. The zero-order chi connectivity index (χ0) is 14.7. The molecule has 1 amide bonds. The topological polar surface area (TPSA) is 54.0 Å². The second kappa shape index (κ2) is 9.06. The molecule has 1 aromatic carbocycles. The Morgan fingerprint density at radius 3 is 2.83 bits per heavy atom. The van der Waals surface area contributed by atoms with Gasteiger partial charge in [0.15, 0.2) is 0 Å². The van der Waals surface area contributed by atoms with E-state index in [1.165, 1.54) is 12.8 Å². The van der Waals surface area contributed by atoms with Crippen molar-refractivity contribution in [2.45, 2.75) is 25.8 Å². The summed E-state index contributed by atoms with van der Waals surface area (Å²) < 4.78 is 0. The van der Waals surface area contributed by atoms with Crippen LogP contribution in [-0.4, -0.2) is 30.0 Å². The van der Waals surface area contributed by atoms with Crippen molar-refractivity contribution in [3.8, 4) is 0 Å². The average molecular weight is 356 g/mol. The number of halogens is 2. The smallest absolute Gasteiger partial charge is 0.253 e. The van der Waals surface area contributed by atoms with Crippen LogP contribution in [0.25, 0.3) is 10.9 Å². The molecule has 1 saturated heterocycles. The Labute approximate surface area is 149 Å². The molecule has 2 N–H and O–H groups in total. The third-order valence-corrected chi connectivity index (χ3v) is 4.28. The molecule has 2 atom stereocenters. The zero-order valence-electron chi connectivity index (χ0n) is 13.1. The summed E-state index contributed by atoms with van der Waals surface area (Å²) in [5.41, 5.74) is 1.43. The Morgan fingerprint density at radius 2 is 2.09 bits per heavy atom. The van der Waals surface area contributed by atoms with Crippen LogP contribution in [0.15, 0.2) is 36.5 Å². The number of pyridine rings is 1. The lowest BCUT2D eigenvalue weighted by atomic mass is 9.92. The predicted octanol–water partition coefficient (Wildman–Crippen LogP) is 3.20. The highest BCUT2D eigenvalue weighted by atomic mass is 35.5. The lowest BCUT2D eigenvalue weighted by Gasteiger charge is -2.29. The number of carbonyl (C=O) groups is 1. The predicted molar refractivity (Wildman–Crippen MR) is 98.8 cm³/mol. The minimum Gasteiger partial charge on any atom is -0.349 e. The first-order chi connectivity index (χ1) is 10.3. The summed E-state index contributed by atoms with van der Waals surface area (Å²) in [6.07, 6.45) is 4.08. The molecule has 1 aromatic heterocycles. The Balaban J connectivity index is 0.00000132. The van der Waals surface area contributed by atoms with Gasteiger partial charge in [0.05, 0.1) is 11.1 Å². The first-order valence-corrected chi connectivity index (χ1v) is 7.61. The Morgan fingerprint density at radius 1 is 1.30 bits per heavy atom. The first kappa shape index (κ1) is 19.7. The number of rotatable bonds is 3. The van der Waals surface area contributed by atoms with Crippen LogP contribution in [0.1, 0.15) is 30.1 Å². The molecule has 0 aliphatic carbocycles. The van der Waals surface area contributed by atoms with E-state index in [-0.39, 0.29) is 36.8 Å². The van der Waals surface area contributed by atoms with Crippen LogP contribution in [0.2, 0.25) is 0 Å². The number of hydrogen-bond acceptors (Lipinski definition) is 3. The standard InChI is InChI=1S/C17H21N3O.2ClH/c1-12(14-7-3-9-18-11-14)20-17(21)15-8-2-5-13-6-4-10-19-16(13)15;;/h2,4-6,8,10,12,14,18H,3,7,9,11H2,1H3,(H,20,21);2*1H. The zero-order valence-corrected chi connectivity index (χ0v) is 14.8. The van der Waals surface area contributed by atoms with Crippen molar-refractivity contribution in [2.75, 3.05) is 13.1 Å². The fourth-order valence-corrected chi connectivity index (χ4v) is 3.00. The maximum atomic E-state index is 12.5. The van der Waals surface area contributed by atoms with Crippen LogP contribution in [0.5, 0.6) is 0 Å². The van der Waals surface area contributed by atoms with Gasteiger partial charge in [-0.25, -0.2) is 0 Å². The van der Waals surface area contributed by atoms with Gasteiger partial charge in [-0.1, -0.05) is 18.2 Å². The van der Waals surface area contributed by atoms with Gasteiger partial charge in [-0.3, -0.25) is 9.78 Å². The molecule has 0 saturated carbocycles. The minimum absolute atomic E-state index is 0. The van der Waals surface area contributed by atoms with Crippen LogP contribution in [0.4, 0.5) is 0 Å². The Bertz CT molecular complexity index is 639. The summed E-state index contributed by atoms with van der Waals surface area (Å²) in [6.45, 7) is 4.16. The molecule has 126 valence electrons. The van der Waals surface area contributed by atoms with E-state index in [1.807, 2.05) is 30.3 Å². The first-order valence-electron chi connectivity index (χ1n) is 7.61. The van der Waals surface area contributed by atoms with Gasteiger partial charge in [0.25, 0.3) is 5.91 Å². The van der Waals surface area contributed by atoms with E-state index < -0.39 is 0 Å². The van der Waals surface area contributed by atoms with Crippen molar-refractivity contribution in [2.24, 2.45) is 5.92 Å². The lowest BCUT2D eigenvalue weighted by Crippen LogP contribution is -2.44. The van der Waals surface area contributed by atoms with E-state index in [9.17, 15) is 4.79 Å². The molecule has 1 aliphatic heterocycles. The van der Waals surface area contributed by atoms with Crippen molar-refractivity contribution in [1.82, 2.24) is 15.6 Å². The summed E-state index contributed by atoms with van der Waals surface area (Å²) in [5, 5.41) is 7.53. The maximum absolute atomic E-state index is 12.5. The third kappa shape index (κ3) is 4.56. The molecule has 0 bridgehead atoms. The van der Waals surface area contributed by atoms with E-state index in [1.54, 1.807) is 6.20 Å². The normalized spacial score (nSPS) is 18.4. The van der Waals surface area contributed by atoms with E-state index in [4.69, 9.17) is 0 Å². The van der Waals surface area contributed by atoms with Crippen LogP contribution < -0.4 is 10.6 Å². The van der Waals surface area contributed by atoms with Gasteiger partial charge in [0, 0.05) is 17.6 Å². The van der Waals surface area contributed by atoms with Crippen molar-refractivity contribution >= 4 is 41.6 Å². The number of para-hydroxylation sites is 1. The van der Waals surface area contributed by atoms with E-state index >= 15 is 0 Å². The van der Waals surface area contributed by atoms with Crippen molar-refractivity contribution in [3.63, 3.8) is 0 Å². The molecule has 2 aromatic rings. The summed E-state index contributed by atoms with van der Waals surface area (Å²) in [7, 11) is 0. The summed E-state index contributed by atoms with van der Waals surface area (Å²) in [4.78, 5) is 16.9. The molecule has 2 unspecified atom stereocenters. The molecule has 6 heteroatoms. The maximum Gasteiger partial charge on any atom is 0.253 e. The third-order valence-electron chi connectivity index (χ3n) is 4.28. The number of nitrogens with one attached hydrogen (secondary N) is 2. The van der Waals surface area contributed by atoms with E-state index in [2.05, 4.69) is 22.5 Å². The van der Waals surface area contributed by atoms with Gasteiger partial charge in [0.2, 0.25) is 0 Å². The van der Waals surface area contributed by atoms with Crippen LogP contribution >= 0.6 is 24.8 Å². The largest absolute Gasteiger partial charge is 0.349 e. The quantitative estimate of drug-likeness (QED) is 0.888. The number of hydrogen-bond donors (Lipinski definition) is 2. The van der Waals surface area contributed by atoms with E-state index in [0.29, 0.717) is 11.5 Å². The molecule has 0 spiro atoms. The molecular weight excluding hydrogens is 333 g/mol. The minimum atomic E-state index is -0.0302. The van der Waals surface area contributed by atoms with Crippen LogP contribution in [0, 0.1) is 5.92 Å². The van der Waals surface area contributed by atoms with Gasteiger partial charge in [0.1, 0.15) is 0 Å². The number of aromatic nitrogens is 1. The molecule has 0 radical (unpaired) electrons. The van der Waals surface area contributed by atoms with Crippen molar-refractivity contribution < 1.29 is 4.79 Å². The highest BCUT2D eigenvalue weighted by molar-refractivity contribution is 6.05. The Kier molecular flexibility index (Phi) is 7.76. The van der Waals surface area contributed by atoms with Crippen molar-refractivity contribution in [1.29, 1.82) is 0 Å². The SMILES string of the molecule is CC(NC(=O)c1cccc2cccnc12)C1CCCNC1.Cl.Cl. The molecule has 3 rings (SSSR count). The number of benzene rings is 1. The fraction of sp³-hybridized carbons (Fsp3) is 0.412. The fourth-order valence-electron chi connectivity index (χ4n) is 3.00. The van der Waals surface area contributed by atoms with Crippen LogP contribution in [0.3, 0.4) is 0 Å². The molecule has 23 heavy (non-hydrogen) atoms. The molecule has 4 nitrogen and oxygen atoms in total. The van der Waals surface area contributed by atoms with Crippen LogP contribution in [-0.2, 0) is 0 Å². The number of carbonyl (C=O) groups excluding carboxylic acids is 1. The summed E-state index contributed by atoms with van der Waals surface area (Å²) >= 11 is 0. The molecule has 2 heterocycles. The van der Waals surface area contributed by atoms with Crippen molar-refractivity contribution in [3.05, 3.63) is 42.1 Å². The van der Waals surface area contributed by atoms with Gasteiger partial charge < -0.3 is 10.6 Å². The van der Waals surface area contributed by atoms with Gasteiger partial charge in [-0.05, 0) is 50.9 Å². The second-order valence-electron chi connectivity index (χ2n) is 5.75. The summed E-state index contributed by atoms with van der Waals surface area (Å²) in [5.74, 6) is 0.475. The number of nitrogens with zero attached hydrogens (tertiary/aromatic N) is 1. The van der Waals surface area contributed by atoms with E-state index in [0.717, 1.165) is 24.0 Å². The van der Waals surface area contributed by atoms with Gasteiger partial charge >= 0.3 is 0 Å². The lowest BCUT2D eigenvalue weighted by molar-refractivity contribution is 0.0923. The highest BCUT2D eigenvalue weighted by Gasteiger charge is 2.22. The summed E-state index contributed by atoms with van der Waals surface area (Å²) in [6, 6.07) is 9.77. The average Bonchev–Trinajstić information content (AvgIpc) is 2.55. The molecule has 1 aliphatic rings. The van der Waals surface area contributed by atoms with Gasteiger partial charge in [-0.2, -0.15) is 0 Å². The number of amides is 1. The Hall–Kier alpha value is -1.36. The molecular formula is C17H23Cl2N3O. The highest BCUT2D eigenvalue weighted by Crippen LogP contribution is 2.18. The second-order valence-corrected chi connectivity index (χ2v) is 5.75. The number of piperidine rings is 1. The molecule has 1 fully saturated rings. The number of fused-ring (bicyclic) bond motifs is 1. The van der Waals surface area contributed by atoms with Gasteiger partial charge in [-0.15, -0.1) is 24.8 Å².